The Bertz CT molecular complexity index is 1050. The molecule has 2 aromatic rings. The summed E-state index contributed by atoms with van der Waals surface area (Å²) in [6.07, 6.45) is 0. The zero-order chi connectivity index (χ0) is 19.3. The third-order valence-corrected chi connectivity index (χ3v) is 6.43. The number of thioether (sulfide) groups is 1. The fourth-order valence-corrected chi connectivity index (χ4v) is 4.82. The molecule has 136 valence electrons. The second-order valence-corrected chi connectivity index (χ2v) is 8.26. The van der Waals surface area contributed by atoms with Crippen LogP contribution in [0.25, 0.3) is 5.57 Å². The number of likely N-dealkylation sites (N-methyl/N-ethyl adjacent to an activating group) is 1. The van der Waals surface area contributed by atoms with E-state index in [4.69, 9.17) is 23.8 Å². The number of fused-ring (bicyclic) bond motifs is 1. The molecule has 4 nitrogen and oxygen atoms in total. The number of rotatable bonds is 2. The monoisotopic (exact) mass is 414 g/mol. The number of hydrogen-bond acceptors (Lipinski definition) is 4. The maximum Gasteiger partial charge on any atom is 0.271 e. The molecular weight excluding hydrogens is 400 g/mol. The van der Waals surface area contributed by atoms with Crippen molar-refractivity contribution in [2.75, 3.05) is 16.3 Å². The summed E-state index contributed by atoms with van der Waals surface area (Å²) in [7, 11) is 0. The van der Waals surface area contributed by atoms with E-state index in [0.29, 0.717) is 32.1 Å². The van der Waals surface area contributed by atoms with Crippen molar-refractivity contribution in [3.8, 4) is 0 Å². The summed E-state index contributed by atoms with van der Waals surface area (Å²) in [5.41, 5.74) is 3.54. The van der Waals surface area contributed by atoms with Crippen LogP contribution in [0.5, 0.6) is 0 Å². The largest absolute Gasteiger partial charge is 0.308 e. The minimum atomic E-state index is -0.291. The lowest BCUT2D eigenvalue weighted by molar-refractivity contribution is -0.115. The molecule has 0 bridgehead atoms. The van der Waals surface area contributed by atoms with Crippen LogP contribution in [0.15, 0.2) is 47.4 Å². The van der Waals surface area contributed by atoms with Crippen LogP contribution in [-0.2, 0) is 9.59 Å². The number of aryl methyl sites for hydroxylation is 1. The first-order valence-electron chi connectivity index (χ1n) is 8.42. The molecule has 4 rings (SSSR count). The molecule has 0 saturated carbocycles. The number of amides is 2. The van der Waals surface area contributed by atoms with E-state index in [9.17, 15) is 9.59 Å². The van der Waals surface area contributed by atoms with Crippen LogP contribution in [0.2, 0.25) is 5.02 Å². The minimum Gasteiger partial charge on any atom is -0.308 e. The summed E-state index contributed by atoms with van der Waals surface area (Å²) in [6.45, 7) is 4.34. The molecule has 0 aliphatic carbocycles. The van der Waals surface area contributed by atoms with Crippen molar-refractivity contribution in [3.05, 3.63) is 63.5 Å². The van der Waals surface area contributed by atoms with Crippen LogP contribution in [0.1, 0.15) is 18.1 Å². The summed E-state index contributed by atoms with van der Waals surface area (Å²) < 4.78 is 0.391. The number of nitrogens with zero attached hydrogens (tertiary/aromatic N) is 2. The van der Waals surface area contributed by atoms with Gasteiger partial charge in [-0.15, -0.1) is 0 Å². The number of carbonyl (C=O) groups excluding carboxylic acids is 2. The van der Waals surface area contributed by atoms with Gasteiger partial charge in [-0.05, 0) is 37.6 Å². The second kappa shape index (κ2) is 6.78. The summed E-state index contributed by atoms with van der Waals surface area (Å²) in [5, 5.41) is 0.564. The van der Waals surface area contributed by atoms with Gasteiger partial charge in [0.2, 0.25) is 0 Å². The molecule has 27 heavy (non-hydrogen) atoms. The van der Waals surface area contributed by atoms with E-state index in [1.54, 1.807) is 11.0 Å². The van der Waals surface area contributed by atoms with Gasteiger partial charge >= 0.3 is 0 Å². The molecule has 0 spiro atoms. The number of thiocarbonyl (C=S) groups is 1. The number of hydrogen-bond donors (Lipinski definition) is 0. The number of benzene rings is 2. The van der Waals surface area contributed by atoms with Crippen molar-refractivity contribution < 1.29 is 9.59 Å². The number of halogens is 1. The molecule has 7 heteroatoms. The average molecular weight is 415 g/mol. The van der Waals surface area contributed by atoms with Gasteiger partial charge in [0, 0.05) is 17.1 Å². The van der Waals surface area contributed by atoms with Gasteiger partial charge in [0.1, 0.15) is 0 Å². The molecule has 2 amide bonds. The van der Waals surface area contributed by atoms with Crippen molar-refractivity contribution in [3.63, 3.8) is 0 Å². The summed E-state index contributed by atoms with van der Waals surface area (Å²) in [4.78, 5) is 29.7. The molecule has 0 radical (unpaired) electrons. The fourth-order valence-electron chi connectivity index (χ4n) is 3.28. The molecule has 2 heterocycles. The highest BCUT2D eigenvalue weighted by Gasteiger charge is 2.42. The van der Waals surface area contributed by atoms with Crippen LogP contribution in [0, 0.1) is 6.92 Å². The molecule has 0 N–H and O–H groups in total. The Morgan fingerprint density at radius 1 is 1.11 bits per heavy atom. The van der Waals surface area contributed by atoms with Gasteiger partial charge in [-0.1, -0.05) is 59.8 Å². The van der Waals surface area contributed by atoms with Gasteiger partial charge in [0.05, 0.1) is 21.9 Å². The number of carbonyl (C=O) groups is 2. The maximum atomic E-state index is 13.2. The topological polar surface area (TPSA) is 40.6 Å². The Balaban J connectivity index is 1.84. The smallest absolute Gasteiger partial charge is 0.271 e. The van der Waals surface area contributed by atoms with Crippen LogP contribution >= 0.6 is 35.6 Å². The molecule has 2 aromatic carbocycles. The molecule has 1 fully saturated rings. The highest BCUT2D eigenvalue weighted by atomic mass is 35.5. The van der Waals surface area contributed by atoms with Crippen LogP contribution < -0.4 is 9.80 Å². The normalized spacial score (nSPS) is 19.3. The zero-order valence-electron chi connectivity index (χ0n) is 14.7. The summed E-state index contributed by atoms with van der Waals surface area (Å²) in [5.74, 6) is -0.456. The molecular formula is C20H15ClN2O2S2. The molecule has 0 atom stereocenters. The molecule has 2 aliphatic heterocycles. The van der Waals surface area contributed by atoms with Gasteiger partial charge < -0.3 is 4.90 Å². The number of para-hydroxylation sites is 1. The number of anilines is 2. The van der Waals surface area contributed by atoms with E-state index in [1.807, 2.05) is 50.2 Å². The molecule has 1 saturated heterocycles. The third-order valence-electron chi connectivity index (χ3n) is 4.65. The molecule has 0 aromatic heterocycles. The average Bonchev–Trinajstić information content (AvgIpc) is 3.09. The van der Waals surface area contributed by atoms with Crippen LogP contribution in [0.3, 0.4) is 0 Å². The van der Waals surface area contributed by atoms with Crippen LogP contribution in [-0.4, -0.2) is 22.7 Å². The lowest BCUT2D eigenvalue weighted by Crippen LogP contribution is -2.29. The Kier molecular flexibility index (Phi) is 4.58. The van der Waals surface area contributed by atoms with Gasteiger partial charge in [0.15, 0.2) is 4.32 Å². The quantitative estimate of drug-likeness (QED) is 0.523. The first-order chi connectivity index (χ1) is 12.9. The van der Waals surface area contributed by atoms with Crippen molar-refractivity contribution in [2.24, 2.45) is 0 Å². The van der Waals surface area contributed by atoms with Gasteiger partial charge in [-0.25, -0.2) is 0 Å². The SMILES string of the molecule is CCN1C(=O)C(=C2SC(=S)N(c3ccc(C)c(Cl)c3)C2=O)c2ccccc21. The standard InChI is InChI=1S/C20H15ClN2O2S2/c1-3-22-15-7-5-4-6-13(15)16(18(22)24)17-19(25)23(20(26)27-17)12-9-8-11(2)14(21)10-12/h4-10H,3H2,1-2H3. The Labute approximate surface area is 171 Å². The minimum absolute atomic E-state index is 0.166. The van der Waals surface area contributed by atoms with Gasteiger partial charge in [0.25, 0.3) is 11.8 Å². The summed E-state index contributed by atoms with van der Waals surface area (Å²) in [6, 6.07) is 12.9. The van der Waals surface area contributed by atoms with E-state index < -0.39 is 0 Å². The van der Waals surface area contributed by atoms with E-state index in [1.165, 1.54) is 4.90 Å². The fraction of sp³-hybridized carbons (Fsp3) is 0.150. The third kappa shape index (κ3) is 2.79. The lowest BCUT2D eigenvalue weighted by atomic mass is 10.1. The summed E-state index contributed by atoms with van der Waals surface area (Å²) >= 11 is 12.8. The Hall–Kier alpha value is -2.15. The van der Waals surface area contributed by atoms with Crippen LogP contribution in [0.4, 0.5) is 11.4 Å². The lowest BCUT2D eigenvalue weighted by Gasteiger charge is -2.15. The molecule has 2 aliphatic rings. The highest BCUT2D eigenvalue weighted by molar-refractivity contribution is 8.27. The van der Waals surface area contributed by atoms with Crippen molar-refractivity contribution in [2.45, 2.75) is 13.8 Å². The van der Waals surface area contributed by atoms with Crippen molar-refractivity contribution in [1.82, 2.24) is 0 Å². The first-order valence-corrected chi connectivity index (χ1v) is 10.0. The predicted molar refractivity (Wildman–Crippen MR) is 115 cm³/mol. The van der Waals surface area contributed by atoms with Crippen molar-refractivity contribution in [1.29, 1.82) is 0 Å². The first kappa shape index (κ1) is 18.2. The Morgan fingerprint density at radius 2 is 1.85 bits per heavy atom. The second-order valence-electron chi connectivity index (χ2n) is 6.21. The predicted octanol–water partition coefficient (Wildman–Crippen LogP) is 4.79. The van der Waals surface area contributed by atoms with E-state index in [2.05, 4.69) is 0 Å². The maximum absolute atomic E-state index is 13.2. The van der Waals surface area contributed by atoms with E-state index in [0.717, 1.165) is 28.6 Å². The van der Waals surface area contributed by atoms with E-state index >= 15 is 0 Å². The van der Waals surface area contributed by atoms with Gasteiger partial charge in [-0.3, -0.25) is 14.5 Å². The van der Waals surface area contributed by atoms with Crippen molar-refractivity contribution >= 4 is 68.7 Å². The highest BCUT2D eigenvalue weighted by Crippen LogP contribution is 2.45. The zero-order valence-corrected chi connectivity index (χ0v) is 17.0. The molecule has 0 unspecified atom stereocenters. The van der Waals surface area contributed by atoms with E-state index in [-0.39, 0.29) is 11.8 Å². The Morgan fingerprint density at radius 3 is 2.56 bits per heavy atom. The van der Waals surface area contributed by atoms with Gasteiger partial charge in [-0.2, -0.15) is 0 Å².